The lowest BCUT2D eigenvalue weighted by atomic mass is 10.1. The van der Waals surface area contributed by atoms with Crippen LogP contribution in [0.4, 0.5) is 0 Å². The molecule has 1 aliphatic carbocycles. The van der Waals surface area contributed by atoms with Crippen LogP contribution in [0.5, 0.6) is 0 Å². The lowest BCUT2D eigenvalue weighted by molar-refractivity contribution is 1.03. The summed E-state index contributed by atoms with van der Waals surface area (Å²) in [7, 11) is 0. The second-order valence-electron chi connectivity index (χ2n) is 2.66. The van der Waals surface area contributed by atoms with Gasteiger partial charge in [-0.1, -0.05) is 24.3 Å². The van der Waals surface area contributed by atoms with Gasteiger partial charge in [-0.2, -0.15) is 0 Å². The lowest BCUT2D eigenvalue weighted by Gasteiger charge is -1.92. The third-order valence-corrected chi connectivity index (χ3v) is 1.76. The molecule has 0 heterocycles. The van der Waals surface area contributed by atoms with Crippen LogP contribution in [0.1, 0.15) is 13.8 Å². The van der Waals surface area contributed by atoms with Gasteiger partial charge in [0.2, 0.25) is 0 Å². The summed E-state index contributed by atoms with van der Waals surface area (Å²) in [6.45, 7) is 4.18. The predicted octanol–water partition coefficient (Wildman–Crippen LogP) is 1.78. The Balaban J connectivity index is 2.91. The van der Waals surface area contributed by atoms with E-state index in [-0.39, 0.29) is 6.04 Å². The molecule has 1 nitrogen and oxygen atoms in total. The van der Waals surface area contributed by atoms with Crippen molar-refractivity contribution in [1.29, 1.82) is 0 Å². The average Bonchev–Trinajstić information content (AvgIpc) is 2.04. The molecule has 0 saturated carbocycles. The molecule has 1 heteroatoms. The van der Waals surface area contributed by atoms with Crippen molar-refractivity contribution in [1.82, 2.24) is 0 Å². The standard InChI is InChI=1S/C9H13N/c1-7-3-5-9(10)6-4-8(7)2/h3-6,9H,10H2,1-2H3. The van der Waals surface area contributed by atoms with E-state index in [0.717, 1.165) is 0 Å². The van der Waals surface area contributed by atoms with E-state index in [2.05, 4.69) is 26.0 Å². The van der Waals surface area contributed by atoms with Crippen molar-refractivity contribution in [2.75, 3.05) is 0 Å². The van der Waals surface area contributed by atoms with Crippen LogP contribution in [0.15, 0.2) is 35.5 Å². The average molecular weight is 135 g/mol. The van der Waals surface area contributed by atoms with Crippen molar-refractivity contribution in [2.45, 2.75) is 19.9 Å². The molecule has 0 saturated heterocycles. The summed E-state index contributed by atoms with van der Waals surface area (Å²) in [5.41, 5.74) is 8.25. The van der Waals surface area contributed by atoms with Gasteiger partial charge in [-0.05, 0) is 25.0 Å². The highest BCUT2D eigenvalue weighted by molar-refractivity contribution is 5.35. The number of allylic oxidation sites excluding steroid dienone is 4. The Labute approximate surface area is 61.9 Å². The molecule has 2 N–H and O–H groups in total. The van der Waals surface area contributed by atoms with Gasteiger partial charge in [0.15, 0.2) is 0 Å². The molecule has 0 aromatic rings. The first-order chi connectivity index (χ1) is 4.70. The Bertz CT molecular complexity index is 187. The van der Waals surface area contributed by atoms with Gasteiger partial charge < -0.3 is 5.73 Å². The summed E-state index contributed by atoms with van der Waals surface area (Å²) in [5.74, 6) is 0. The molecule has 0 aliphatic heterocycles. The quantitative estimate of drug-likeness (QED) is 0.538. The highest BCUT2D eigenvalue weighted by Crippen LogP contribution is 2.10. The van der Waals surface area contributed by atoms with Gasteiger partial charge in [0, 0.05) is 6.04 Å². The first-order valence-electron chi connectivity index (χ1n) is 3.49. The van der Waals surface area contributed by atoms with E-state index in [1.165, 1.54) is 11.1 Å². The zero-order valence-electron chi connectivity index (χ0n) is 6.46. The highest BCUT2D eigenvalue weighted by atomic mass is 14.6. The molecule has 10 heavy (non-hydrogen) atoms. The van der Waals surface area contributed by atoms with E-state index in [9.17, 15) is 0 Å². The van der Waals surface area contributed by atoms with Crippen molar-refractivity contribution in [3.63, 3.8) is 0 Å². The Morgan fingerprint density at radius 3 is 1.90 bits per heavy atom. The molecular weight excluding hydrogens is 122 g/mol. The van der Waals surface area contributed by atoms with Crippen molar-refractivity contribution < 1.29 is 0 Å². The summed E-state index contributed by atoms with van der Waals surface area (Å²) in [6, 6.07) is 0.0902. The van der Waals surface area contributed by atoms with E-state index in [1.54, 1.807) is 0 Å². The molecule has 0 amide bonds. The Hall–Kier alpha value is -0.820. The zero-order valence-corrected chi connectivity index (χ0v) is 6.46. The van der Waals surface area contributed by atoms with Crippen molar-refractivity contribution in [3.05, 3.63) is 35.5 Å². The lowest BCUT2D eigenvalue weighted by Crippen LogP contribution is -2.11. The van der Waals surface area contributed by atoms with Crippen LogP contribution in [-0.4, -0.2) is 6.04 Å². The van der Waals surface area contributed by atoms with Crippen LogP contribution in [0, 0.1) is 0 Å². The fourth-order valence-electron chi connectivity index (χ4n) is 0.838. The summed E-state index contributed by atoms with van der Waals surface area (Å²) >= 11 is 0. The molecular formula is C9H13N. The maximum atomic E-state index is 5.66. The fraction of sp³-hybridized carbons (Fsp3) is 0.333. The Morgan fingerprint density at radius 1 is 1.10 bits per heavy atom. The highest BCUT2D eigenvalue weighted by Gasteiger charge is 1.96. The van der Waals surface area contributed by atoms with Crippen LogP contribution < -0.4 is 5.73 Å². The van der Waals surface area contributed by atoms with E-state index < -0.39 is 0 Å². The zero-order chi connectivity index (χ0) is 7.56. The van der Waals surface area contributed by atoms with E-state index in [4.69, 9.17) is 5.73 Å². The molecule has 0 aromatic carbocycles. The van der Waals surface area contributed by atoms with Crippen LogP contribution >= 0.6 is 0 Å². The van der Waals surface area contributed by atoms with Crippen LogP contribution in [0.2, 0.25) is 0 Å². The number of nitrogens with two attached hydrogens (primary N) is 1. The summed E-state index contributed by atoms with van der Waals surface area (Å²) in [5, 5.41) is 0. The molecule has 0 bridgehead atoms. The van der Waals surface area contributed by atoms with Crippen molar-refractivity contribution >= 4 is 0 Å². The van der Waals surface area contributed by atoms with Crippen molar-refractivity contribution in [2.24, 2.45) is 5.73 Å². The molecule has 0 aromatic heterocycles. The van der Waals surface area contributed by atoms with Gasteiger partial charge in [-0.25, -0.2) is 0 Å². The van der Waals surface area contributed by atoms with Crippen LogP contribution in [-0.2, 0) is 0 Å². The van der Waals surface area contributed by atoms with E-state index >= 15 is 0 Å². The van der Waals surface area contributed by atoms with Crippen LogP contribution in [0.25, 0.3) is 0 Å². The maximum absolute atomic E-state index is 5.66. The van der Waals surface area contributed by atoms with Gasteiger partial charge >= 0.3 is 0 Å². The van der Waals surface area contributed by atoms with Gasteiger partial charge in [-0.15, -0.1) is 0 Å². The number of hydrogen-bond donors (Lipinski definition) is 1. The minimum absolute atomic E-state index is 0.0902. The molecule has 1 aliphatic rings. The monoisotopic (exact) mass is 135 g/mol. The molecule has 54 valence electrons. The van der Waals surface area contributed by atoms with Crippen LogP contribution in [0.3, 0.4) is 0 Å². The first kappa shape index (κ1) is 7.29. The molecule has 0 unspecified atom stereocenters. The first-order valence-corrected chi connectivity index (χ1v) is 3.49. The Morgan fingerprint density at radius 2 is 1.50 bits per heavy atom. The predicted molar refractivity (Wildman–Crippen MR) is 44.6 cm³/mol. The molecule has 1 rings (SSSR count). The summed E-state index contributed by atoms with van der Waals surface area (Å²) in [4.78, 5) is 0. The van der Waals surface area contributed by atoms with Gasteiger partial charge in [0.25, 0.3) is 0 Å². The third-order valence-electron chi connectivity index (χ3n) is 1.76. The normalized spacial score (nSPS) is 19.9. The maximum Gasteiger partial charge on any atom is 0.0416 e. The van der Waals surface area contributed by atoms with Crippen molar-refractivity contribution in [3.8, 4) is 0 Å². The summed E-state index contributed by atoms with van der Waals surface area (Å²) in [6.07, 6.45) is 8.14. The number of rotatable bonds is 0. The number of hydrogen-bond acceptors (Lipinski definition) is 1. The minimum atomic E-state index is 0.0902. The SMILES string of the molecule is CC1=C(C)C=CC(N)C=C1. The summed E-state index contributed by atoms with van der Waals surface area (Å²) < 4.78 is 0. The topological polar surface area (TPSA) is 26.0 Å². The van der Waals surface area contributed by atoms with E-state index in [0.29, 0.717) is 0 Å². The largest absolute Gasteiger partial charge is 0.321 e. The van der Waals surface area contributed by atoms with E-state index in [1.807, 2.05) is 12.2 Å². The minimum Gasteiger partial charge on any atom is -0.321 e. The molecule has 0 radical (unpaired) electrons. The van der Waals surface area contributed by atoms with Gasteiger partial charge in [-0.3, -0.25) is 0 Å². The Kier molecular flexibility index (Phi) is 2.07. The smallest absolute Gasteiger partial charge is 0.0416 e. The second kappa shape index (κ2) is 2.84. The molecule has 0 atom stereocenters. The van der Waals surface area contributed by atoms with Gasteiger partial charge in [0.05, 0.1) is 0 Å². The third kappa shape index (κ3) is 1.58. The second-order valence-corrected chi connectivity index (χ2v) is 2.66. The van der Waals surface area contributed by atoms with Gasteiger partial charge in [0.1, 0.15) is 0 Å². The molecule has 0 spiro atoms. The molecule has 0 fully saturated rings. The fourth-order valence-corrected chi connectivity index (χ4v) is 0.838.